The predicted octanol–water partition coefficient (Wildman–Crippen LogP) is 5.00. The summed E-state index contributed by atoms with van der Waals surface area (Å²) in [6.45, 7) is 0. The summed E-state index contributed by atoms with van der Waals surface area (Å²) in [5.74, 6) is -0.521. The van der Waals surface area contributed by atoms with Crippen LogP contribution in [0.2, 0.25) is 5.02 Å². The van der Waals surface area contributed by atoms with Crippen LogP contribution < -0.4 is 0 Å². The zero-order valence-electron chi connectivity index (χ0n) is 11.8. The van der Waals surface area contributed by atoms with E-state index in [0.29, 0.717) is 27.4 Å². The summed E-state index contributed by atoms with van der Waals surface area (Å²) in [4.78, 5) is 16.1. The van der Waals surface area contributed by atoms with E-state index in [-0.39, 0.29) is 5.56 Å². The van der Waals surface area contributed by atoms with Crippen LogP contribution in [0.15, 0.2) is 59.0 Å². The molecular weight excluding hydrogens is 314 g/mol. The van der Waals surface area contributed by atoms with E-state index in [2.05, 4.69) is 4.98 Å². The van der Waals surface area contributed by atoms with E-state index in [0.717, 1.165) is 11.0 Å². The van der Waals surface area contributed by atoms with Gasteiger partial charge in [-0.1, -0.05) is 41.9 Å². The van der Waals surface area contributed by atoms with Gasteiger partial charge in [0.05, 0.1) is 16.1 Å². The van der Waals surface area contributed by atoms with Crippen molar-refractivity contribution < 1.29 is 14.3 Å². The Balaban J connectivity index is 2.03. The van der Waals surface area contributed by atoms with Crippen LogP contribution in [0.3, 0.4) is 0 Å². The molecule has 23 heavy (non-hydrogen) atoms. The number of para-hydroxylation sites is 2. The van der Waals surface area contributed by atoms with E-state index in [4.69, 9.17) is 16.0 Å². The lowest BCUT2D eigenvalue weighted by molar-refractivity contribution is 0.0699. The van der Waals surface area contributed by atoms with Crippen molar-refractivity contribution in [2.24, 2.45) is 0 Å². The first-order chi connectivity index (χ1) is 11.1. The molecule has 4 nitrogen and oxygen atoms in total. The molecule has 0 saturated carbocycles. The molecule has 4 aromatic rings. The van der Waals surface area contributed by atoms with Crippen LogP contribution in [0.25, 0.3) is 33.3 Å². The first kappa shape index (κ1) is 13.8. The standard InChI is InChI=1S/C18H10ClNO3/c19-13-6-3-5-11-12(18(21)22)9-14(20-17(11)13)16-8-10-4-1-2-7-15(10)23-16/h1-9H,(H,21,22). The molecule has 5 heteroatoms. The van der Waals surface area contributed by atoms with Crippen molar-refractivity contribution in [3.8, 4) is 11.5 Å². The fourth-order valence-electron chi connectivity index (χ4n) is 2.62. The molecule has 0 fully saturated rings. The largest absolute Gasteiger partial charge is 0.478 e. The van der Waals surface area contributed by atoms with Crippen LogP contribution >= 0.6 is 11.6 Å². The Morgan fingerprint density at radius 3 is 2.70 bits per heavy atom. The summed E-state index contributed by atoms with van der Waals surface area (Å²) in [5.41, 5.74) is 1.76. The van der Waals surface area contributed by atoms with E-state index in [1.54, 1.807) is 18.2 Å². The van der Waals surface area contributed by atoms with Crippen LogP contribution in [0.4, 0.5) is 0 Å². The Labute approximate surface area is 135 Å². The van der Waals surface area contributed by atoms with Gasteiger partial charge in [0.15, 0.2) is 5.76 Å². The Kier molecular flexibility index (Phi) is 3.06. The topological polar surface area (TPSA) is 63.3 Å². The van der Waals surface area contributed by atoms with Crippen LogP contribution in [0.1, 0.15) is 10.4 Å². The van der Waals surface area contributed by atoms with Crippen LogP contribution in [-0.4, -0.2) is 16.1 Å². The van der Waals surface area contributed by atoms with Gasteiger partial charge in [-0.2, -0.15) is 0 Å². The van der Waals surface area contributed by atoms with Crippen molar-refractivity contribution in [3.63, 3.8) is 0 Å². The zero-order chi connectivity index (χ0) is 16.0. The van der Waals surface area contributed by atoms with Crippen LogP contribution in [0, 0.1) is 0 Å². The molecule has 0 spiro atoms. The van der Waals surface area contributed by atoms with Crippen molar-refractivity contribution >= 4 is 39.4 Å². The lowest BCUT2D eigenvalue weighted by atomic mass is 10.1. The predicted molar refractivity (Wildman–Crippen MR) is 88.9 cm³/mol. The molecule has 1 N–H and O–H groups in total. The minimum Gasteiger partial charge on any atom is -0.478 e. The van der Waals surface area contributed by atoms with Gasteiger partial charge in [0.1, 0.15) is 11.3 Å². The molecule has 0 aliphatic rings. The number of nitrogens with zero attached hydrogens (tertiary/aromatic N) is 1. The Morgan fingerprint density at radius 2 is 1.91 bits per heavy atom. The van der Waals surface area contributed by atoms with E-state index < -0.39 is 5.97 Å². The summed E-state index contributed by atoms with van der Waals surface area (Å²) in [7, 11) is 0. The van der Waals surface area contributed by atoms with Crippen LogP contribution in [0.5, 0.6) is 0 Å². The first-order valence-corrected chi connectivity index (χ1v) is 7.33. The van der Waals surface area contributed by atoms with E-state index in [1.807, 2.05) is 30.3 Å². The van der Waals surface area contributed by atoms with Gasteiger partial charge >= 0.3 is 5.97 Å². The zero-order valence-corrected chi connectivity index (χ0v) is 12.5. The number of benzene rings is 2. The molecule has 112 valence electrons. The number of rotatable bonds is 2. The van der Waals surface area contributed by atoms with Crippen molar-refractivity contribution in [2.75, 3.05) is 0 Å². The number of carboxylic acid groups (broad SMARTS) is 1. The van der Waals surface area contributed by atoms with Gasteiger partial charge in [-0.25, -0.2) is 9.78 Å². The highest BCUT2D eigenvalue weighted by molar-refractivity contribution is 6.35. The molecule has 2 aromatic carbocycles. The smallest absolute Gasteiger partial charge is 0.336 e. The number of furan rings is 1. The normalized spacial score (nSPS) is 11.2. The third-order valence-electron chi connectivity index (χ3n) is 3.70. The lowest BCUT2D eigenvalue weighted by Crippen LogP contribution is -2.00. The molecule has 0 atom stereocenters. The molecule has 0 unspecified atom stereocenters. The lowest BCUT2D eigenvalue weighted by Gasteiger charge is -2.06. The Morgan fingerprint density at radius 1 is 1.09 bits per heavy atom. The second-order valence-electron chi connectivity index (χ2n) is 5.14. The average Bonchev–Trinajstić information content (AvgIpc) is 2.98. The summed E-state index contributed by atoms with van der Waals surface area (Å²) in [5, 5.41) is 11.3. The van der Waals surface area contributed by atoms with E-state index >= 15 is 0 Å². The number of carbonyl (C=O) groups is 1. The van der Waals surface area contributed by atoms with Gasteiger partial charge in [0, 0.05) is 10.8 Å². The fraction of sp³-hybridized carbons (Fsp3) is 0. The number of pyridine rings is 1. The summed E-state index contributed by atoms with van der Waals surface area (Å²) in [6, 6.07) is 16.0. The summed E-state index contributed by atoms with van der Waals surface area (Å²) >= 11 is 6.19. The second kappa shape index (κ2) is 5.11. The third-order valence-corrected chi connectivity index (χ3v) is 4.00. The van der Waals surface area contributed by atoms with Gasteiger partial charge in [-0.15, -0.1) is 0 Å². The molecule has 0 bridgehead atoms. The maximum Gasteiger partial charge on any atom is 0.336 e. The summed E-state index contributed by atoms with van der Waals surface area (Å²) in [6.07, 6.45) is 0. The Bertz CT molecular complexity index is 1040. The Hall–Kier alpha value is -2.85. The van der Waals surface area contributed by atoms with Crippen LogP contribution in [-0.2, 0) is 0 Å². The van der Waals surface area contributed by atoms with Crippen molar-refractivity contribution in [1.29, 1.82) is 0 Å². The van der Waals surface area contributed by atoms with Gasteiger partial charge in [-0.3, -0.25) is 0 Å². The third kappa shape index (κ3) is 2.24. The number of aromatic nitrogens is 1. The van der Waals surface area contributed by atoms with Gasteiger partial charge < -0.3 is 9.52 Å². The second-order valence-corrected chi connectivity index (χ2v) is 5.55. The fourth-order valence-corrected chi connectivity index (χ4v) is 2.84. The number of hydrogen-bond acceptors (Lipinski definition) is 3. The van der Waals surface area contributed by atoms with Crippen molar-refractivity contribution in [1.82, 2.24) is 4.98 Å². The molecule has 0 amide bonds. The maximum atomic E-state index is 11.6. The van der Waals surface area contributed by atoms with E-state index in [9.17, 15) is 9.90 Å². The van der Waals surface area contributed by atoms with Crippen molar-refractivity contribution in [3.05, 3.63) is 65.2 Å². The van der Waals surface area contributed by atoms with Gasteiger partial charge in [-0.05, 0) is 24.3 Å². The van der Waals surface area contributed by atoms with Crippen molar-refractivity contribution in [2.45, 2.75) is 0 Å². The highest BCUT2D eigenvalue weighted by Gasteiger charge is 2.16. The quantitative estimate of drug-likeness (QED) is 0.564. The number of fused-ring (bicyclic) bond motifs is 2. The average molecular weight is 324 g/mol. The number of aromatic carboxylic acids is 1. The van der Waals surface area contributed by atoms with E-state index in [1.165, 1.54) is 6.07 Å². The molecular formula is C18H10ClNO3. The first-order valence-electron chi connectivity index (χ1n) is 6.95. The molecule has 0 saturated heterocycles. The minimum absolute atomic E-state index is 0.146. The maximum absolute atomic E-state index is 11.6. The SMILES string of the molecule is O=C(O)c1cc(-c2cc3ccccc3o2)nc2c(Cl)cccc12. The molecule has 0 radical (unpaired) electrons. The molecule has 4 rings (SSSR count). The highest BCUT2D eigenvalue weighted by atomic mass is 35.5. The van der Waals surface area contributed by atoms with Gasteiger partial charge in [0.25, 0.3) is 0 Å². The number of halogens is 1. The summed E-state index contributed by atoms with van der Waals surface area (Å²) < 4.78 is 5.78. The van der Waals surface area contributed by atoms with Gasteiger partial charge in [0.2, 0.25) is 0 Å². The molecule has 0 aliphatic heterocycles. The highest BCUT2D eigenvalue weighted by Crippen LogP contribution is 2.31. The minimum atomic E-state index is -1.03. The number of hydrogen-bond donors (Lipinski definition) is 1. The molecule has 2 heterocycles. The molecule has 2 aromatic heterocycles. The molecule has 0 aliphatic carbocycles. The number of carboxylic acids is 1. The monoisotopic (exact) mass is 323 g/mol.